The van der Waals surface area contributed by atoms with Gasteiger partial charge in [-0.2, -0.15) is 5.10 Å². The van der Waals surface area contributed by atoms with Gasteiger partial charge in [0.05, 0.1) is 25.5 Å². The molecule has 0 aromatic heterocycles. The normalized spacial score (nSPS) is 12.3. The van der Waals surface area contributed by atoms with Crippen LogP contribution in [0.1, 0.15) is 27.8 Å². The van der Waals surface area contributed by atoms with Gasteiger partial charge in [-0.1, -0.05) is 41.9 Å². The molecule has 3 rings (SSSR count). The standard InChI is InChI=1S/C24H20ClF3N2O6/c1-33-19-10-14(13-29-30-22(32)16-8-9-18(31)17(25)12-16)11-20(34-2)21(19)35-23(36-24(26,27)28)15-6-4-3-5-7-15/h3-13,23,31H,1-2H3,(H,30,32). The van der Waals surface area contributed by atoms with E-state index in [-0.39, 0.29) is 39.1 Å². The molecule has 0 aliphatic heterocycles. The molecule has 3 aromatic carbocycles. The molecule has 190 valence electrons. The number of methoxy groups -OCH3 is 2. The summed E-state index contributed by atoms with van der Waals surface area (Å²) in [6.45, 7) is 0. The van der Waals surface area contributed by atoms with Crippen molar-refractivity contribution in [2.24, 2.45) is 5.10 Å². The van der Waals surface area contributed by atoms with Crippen molar-refractivity contribution in [3.8, 4) is 23.0 Å². The van der Waals surface area contributed by atoms with Gasteiger partial charge in [0, 0.05) is 16.7 Å². The number of halogens is 4. The van der Waals surface area contributed by atoms with Crippen LogP contribution in [-0.2, 0) is 4.74 Å². The zero-order valence-corrected chi connectivity index (χ0v) is 19.6. The van der Waals surface area contributed by atoms with Crippen molar-refractivity contribution in [1.82, 2.24) is 5.43 Å². The minimum absolute atomic E-state index is 0.000000566. The molecule has 36 heavy (non-hydrogen) atoms. The molecule has 0 saturated heterocycles. The van der Waals surface area contributed by atoms with Gasteiger partial charge in [-0.3, -0.25) is 4.79 Å². The summed E-state index contributed by atoms with van der Waals surface area (Å²) in [4.78, 5) is 12.2. The number of carbonyl (C=O) groups is 1. The van der Waals surface area contributed by atoms with E-state index in [9.17, 15) is 23.1 Å². The summed E-state index contributed by atoms with van der Waals surface area (Å²) < 4.78 is 59.5. The number of nitrogens with zero attached hydrogens (tertiary/aromatic N) is 1. The van der Waals surface area contributed by atoms with E-state index in [4.69, 9.17) is 25.8 Å². The molecule has 0 aliphatic carbocycles. The predicted molar refractivity (Wildman–Crippen MR) is 125 cm³/mol. The zero-order valence-electron chi connectivity index (χ0n) is 18.9. The SMILES string of the molecule is COc1cc(C=NNC(=O)c2ccc(O)c(Cl)c2)cc(OC)c1OC(OC(F)(F)F)c1ccccc1. The van der Waals surface area contributed by atoms with Crippen molar-refractivity contribution >= 4 is 23.7 Å². The number of hydrazone groups is 1. The van der Waals surface area contributed by atoms with Gasteiger partial charge in [-0.05, 0) is 30.3 Å². The number of amides is 1. The molecule has 2 N–H and O–H groups in total. The first-order chi connectivity index (χ1) is 17.1. The fourth-order valence-electron chi connectivity index (χ4n) is 2.97. The largest absolute Gasteiger partial charge is 0.525 e. The maximum atomic E-state index is 13.1. The van der Waals surface area contributed by atoms with E-state index in [1.54, 1.807) is 18.2 Å². The second-order valence-electron chi connectivity index (χ2n) is 7.04. The van der Waals surface area contributed by atoms with Crippen LogP contribution in [-0.4, -0.2) is 37.8 Å². The summed E-state index contributed by atoms with van der Waals surface area (Å²) in [5, 5.41) is 13.3. The van der Waals surface area contributed by atoms with Crippen LogP contribution in [0, 0.1) is 0 Å². The number of aromatic hydroxyl groups is 1. The fourth-order valence-corrected chi connectivity index (χ4v) is 3.15. The van der Waals surface area contributed by atoms with E-state index in [1.165, 1.54) is 62.9 Å². The van der Waals surface area contributed by atoms with Crippen LogP contribution in [0.4, 0.5) is 13.2 Å². The van der Waals surface area contributed by atoms with Crippen molar-refractivity contribution in [1.29, 1.82) is 0 Å². The number of alkyl halides is 3. The molecule has 0 bridgehead atoms. The van der Waals surface area contributed by atoms with Gasteiger partial charge >= 0.3 is 6.36 Å². The number of ether oxygens (including phenoxy) is 4. The average molecular weight is 525 g/mol. The summed E-state index contributed by atoms with van der Waals surface area (Å²) in [6.07, 6.45) is -5.56. The molecule has 0 fully saturated rings. The van der Waals surface area contributed by atoms with E-state index in [0.717, 1.165) is 0 Å². The molecule has 1 atom stereocenters. The maximum Gasteiger partial charge on any atom is 0.525 e. The summed E-state index contributed by atoms with van der Waals surface area (Å²) in [5.74, 6) is -0.855. The van der Waals surface area contributed by atoms with Gasteiger partial charge in [0.25, 0.3) is 5.91 Å². The van der Waals surface area contributed by atoms with E-state index in [0.29, 0.717) is 5.56 Å². The topological polar surface area (TPSA) is 98.6 Å². The smallest absolute Gasteiger partial charge is 0.506 e. The molecule has 0 heterocycles. The van der Waals surface area contributed by atoms with E-state index >= 15 is 0 Å². The molecular weight excluding hydrogens is 505 g/mol. The molecule has 1 amide bonds. The molecule has 0 aliphatic rings. The first-order valence-electron chi connectivity index (χ1n) is 10.2. The highest BCUT2D eigenvalue weighted by Gasteiger charge is 2.36. The van der Waals surface area contributed by atoms with Crippen molar-refractivity contribution in [2.45, 2.75) is 12.7 Å². The quantitative estimate of drug-likeness (QED) is 0.220. The van der Waals surface area contributed by atoms with Crippen LogP contribution in [0.15, 0.2) is 65.8 Å². The van der Waals surface area contributed by atoms with Crippen LogP contribution in [0.25, 0.3) is 0 Å². The molecule has 0 radical (unpaired) electrons. The van der Waals surface area contributed by atoms with Crippen molar-refractivity contribution in [3.05, 3.63) is 82.4 Å². The van der Waals surface area contributed by atoms with Gasteiger partial charge in [0.2, 0.25) is 12.0 Å². The van der Waals surface area contributed by atoms with Crippen LogP contribution in [0.5, 0.6) is 23.0 Å². The first-order valence-corrected chi connectivity index (χ1v) is 10.5. The second kappa shape index (κ2) is 11.6. The Morgan fingerprint density at radius 1 is 1.06 bits per heavy atom. The lowest BCUT2D eigenvalue weighted by Crippen LogP contribution is -2.22. The molecule has 3 aromatic rings. The Kier molecular flexibility index (Phi) is 8.62. The molecule has 8 nitrogen and oxygen atoms in total. The molecule has 1 unspecified atom stereocenters. The first kappa shape index (κ1) is 26.6. The molecule has 0 spiro atoms. The molecular formula is C24H20ClF3N2O6. The number of phenolic OH excluding ortho intramolecular Hbond substituents is 1. The Labute approximate surface area is 208 Å². The maximum absolute atomic E-state index is 13.1. The third-order valence-corrected chi connectivity index (χ3v) is 4.91. The summed E-state index contributed by atoms with van der Waals surface area (Å²) in [7, 11) is 2.59. The minimum Gasteiger partial charge on any atom is -0.506 e. The summed E-state index contributed by atoms with van der Waals surface area (Å²) >= 11 is 5.80. The third kappa shape index (κ3) is 7.03. The van der Waals surface area contributed by atoms with Crippen molar-refractivity contribution < 1.29 is 42.0 Å². The lowest BCUT2D eigenvalue weighted by Gasteiger charge is -2.23. The van der Waals surface area contributed by atoms with E-state index in [1.807, 2.05) is 0 Å². The molecule has 12 heteroatoms. The lowest BCUT2D eigenvalue weighted by molar-refractivity contribution is -0.370. The Morgan fingerprint density at radius 3 is 2.25 bits per heavy atom. The average Bonchev–Trinajstić information content (AvgIpc) is 2.85. The van der Waals surface area contributed by atoms with Gasteiger partial charge < -0.3 is 19.3 Å². The van der Waals surface area contributed by atoms with Crippen LogP contribution < -0.4 is 19.6 Å². The van der Waals surface area contributed by atoms with E-state index < -0.39 is 18.6 Å². The third-order valence-electron chi connectivity index (χ3n) is 4.61. The number of hydrogen-bond donors (Lipinski definition) is 2. The fraction of sp³-hybridized carbons (Fsp3) is 0.167. The number of nitrogens with one attached hydrogen (secondary N) is 1. The number of rotatable bonds is 9. The minimum atomic E-state index is -4.98. The zero-order chi connectivity index (χ0) is 26.3. The number of carbonyl (C=O) groups excluding carboxylic acids is 1. The Hall–Kier alpha value is -3.96. The summed E-state index contributed by atoms with van der Waals surface area (Å²) in [5.41, 5.74) is 2.93. The van der Waals surface area contributed by atoms with Crippen LogP contribution >= 0.6 is 11.6 Å². The highest BCUT2D eigenvalue weighted by Crippen LogP contribution is 2.42. The highest BCUT2D eigenvalue weighted by atomic mass is 35.5. The Bertz CT molecular complexity index is 1210. The summed E-state index contributed by atoms with van der Waals surface area (Å²) in [6, 6.07) is 14.3. The van der Waals surface area contributed by atoms with Crippen LogP contribution in [0.3, 0.4) is 0 Å². The van der Waals surface area contributed by atoms with Gasteiger partial charge in [0.15, 0.2) is 11.5 Å². The monoisotopic (exact) mass is 524 g/mol. The Morgan fingerprint density at radius 2 is 1.69 bits per heavy atom. The van der Waals surface area contributed by atoms with Gasteiger partial charge in [0.1, 0.15) is 5.75 Å². The van der Waals surface area contributed by atoms with E-state index in [2.05, 4.69) is 15.3 Å². The van der Waals surface area contributed by atoms with Crippen molar-refractivity contribution in [3.63, 3.8) is 0 Å². The Balaban J connectivity index is 1.85. The number of phenols is 1. The van der Waals surface area contributed by atoms with Crippen LogP contribution in [0.2, 0.25) is 5.02 Å². The highest BCUT2D eigenvalue weighted by molar-refractivity contribution is 6.32. The predicted octanol–water partition coefficient (Wildman–Crippen LogP) is 5.44. The van der Waals surface area contributed by atoms with Crippen molar-refractivity contribution in [2.75, 3.05) is 14.2 Å². The number of benzene rings is 3. The molecule has 0 saturated carbocycles. The van der Waals surface area contributed by atoms with Gasteiger partial charge in [-0.15, -0.1) is 13.2 Å². The number of hydrogen-bond acceptors (Lipinski definition) is 7. The lowest BCUT2D eigenvalue weighted by atomic mass is 10.2. The second-order valence-corrected chi connectivity index (χ2v) is 7.45. The van der Waals surface area contributed by atoms with Gasteiger partial charge in [-0.25, -0.2) is 10.2 Å².